The van der Waals surface area contributed by atoms with Crippen molar-refractivity contribution in [3.63, 3.8) is 0 Å². The number of carbonyl (C=O) groups is 2. The summed E-state index contributed by atoms with van der Waals surface area (Å²) in [7, 11) is -1.78. The summed E-state index contributed by atoms with van der Waals surface area (Å²) >= 11 is 31.0. The zero-order valence-corrected chi connectivity index (χ0v) is 23.6. The number of hydrogen-bond acceptors (Lipinski definition) is 3. The van der Waals surface area contributed by atoms with Crippen LogP contribution in [0.3, 0.4) is 0 Å². The summed E-state index contributed by atoms with van der Waals surface area (Å²) < 4.78 is 47.5. The summed E-state index contributed by atoms with van der Waals surface area (Å²) in [5.74, 6) is -3.28. The van der Waals surface area contributed by atoms with Crippen molar-refractivity contribution in [3.05, 3.63) is 62.6 Å². The highest BCUT2D eigenvalue weighted by molar-refractivity contribution is 7.85. The average molecular weight is 639 g/mol. The molecular weight excluding hydrogens is 619 g/mol. The third kappa shape index (κ3) is 8.13. The summed E-state index contributed by atoms with van der Waals surface area (Å²) in [6, 6.07) is 8.29. The minimum atomic E-state index is -4.41. The first-order valence-corrected chi connectivity index (χ1v) is 14.1. The van der Waals surface area contributed by atoms with Gasteiger partial charge in [-0.2, -0.15) is 13.2 Å². The van der Waals surface area contributed by atoms with Crippen molar-refractivity contribution in [2.75, 3.05) is 16.8 Å². The molecule has 37 heavy (non-hydrogen) atoms. The Hall–Kier alpha value is -1.23. The monoisotopic (exact) mass is 636 g/mol. The molecule has 14 heteroatoms. The summed E-state index contributed by atoms with van der Waals surface area (Å²) in [4.78, 5) is 25.7. The molecule has 5 nitrogen and oxygen atoms in total. The Kier molecular flexibility index (Phi) is 9.73. The predicted molar refractivity (Wildman–Crippen MR) is 143 cm³/mol. The van der Waals surface area contributed by atoms with Crippen molar-refractivity contribution < 1.29 is 27.0 Å². The molecule has 1 aliphatic rings. The molecule has 0 saturated heterocycles. The number of benzene rings is 2. The first kappa shape index (κ1) is 30.3. The van der Waals surface area contributed by atoms with E-state index in [1.807, 2.05) is 0 Å². The second-order valence-corrected chi connectivity index (χ2v) is 12.9. The molecule has 2 amide bonds. The van der Waals surface area contributed by atoms with Gasteiger partial charge in [-0.3, -0.25) is 13.8 Å². The maximum absolute atomic E-state index is 12.9. The van der Waals surface area contributed by atoms with Gasteiger partial charge in [0.2, 0.25) is 5.91 Å². The number of anilines is 1. The van der Waals surface area contributed by atoms with Gasteiger partial charge in [-0.25, -0.2) is 0 Å². The molecule has 1 saturated carbocycles. The topological polar surface area (TPSA) is 75.3 Å². The Balaban J connectivity index is 1.65. The summed E-state index contributed by atoms with van der Waals surface area (Å²) in [5.41, 5.74) is 0.838. The molecule has 2 N–H and O–H groups in total. The number of hydrogen-bond donors (Lipinski definition) is 2. The molecule has 0 heterocycles. The highest BCUT2D eigenvalue weighted by Crippen LogP contribution is 2.65. The van der Waals surface area contributed by atoms with Gasteiger partial charge in [-0.15, -0.1) is 23.2 Å². The van der Waals surface area contributed by atoms with Crippen LogP contribution in [0.5, 0.6) is 0 Å². The molecule has 2 aromatic carbocycles. The van der Waals surface area contributed by atoms with E-state index in [1.54, 1.807) is 12.1 Å². The van der Waals surface area contributed by atoms with E-state index in [0.717, 1.165) is 0 Å². The summed E-state index contributed by atoms with van der Waals surface area (Å²) in [6.07, 6.45) is -5.58. The molecule has 0 bridgehead atoms. The largest absolute Gasteiger partial charge is 0.390 e. The van der Waals surface area contributed by atoms with Crippen LogP contribution < -0.4 is 10.6 Å². The van der Waals surface area contributed by atoms with Crippen LogP contribution in [-0.4, -0.2) is 44.1 Å². The SMILES string of the molecule is C[C@H](CS(=O)CCC(F)(F)F)NC(=O)c1cc(NC(=O)C2C(c3cc(Cl)cc(Cl)c3)C2(Cl)Cl)ccc1Cl. The van der Waals surface area contributed by atoms with Crippen LogP contribution >= 0.6 is 58.0 Å². The molecule has 202 valence electrons. The highest BCUT2D eigenvalue weighted by Gasteiger charge is 2.67. The lowest BCUT2D eigenvalue weighted by Crippen LogP contribution is -2.37. The molecule has 0 radical (unpaired) electrons. The molecule has 2 aromatic rings. The summed E-state index contributed by atoms with van der Waals surface area (Å²) in [6.45, 7) is 1.51. The van der Waals surface area contributed by atoms with Gasteiger partial charge in [-0.05, 0) is 48.9 Å². The van der Waals surface area contributed by atoms with E-state index >= 15 is 0 Å². The second-order valence-electron chi connectivity index (χ2n) is 8.57. The van der Waals surface area contributed by atoms with E-state index < -0.39 is 63.2 Å². The van der Waals surface area contributed by atoms with Crippen LogP contribution in [-0.2, 0) is 15.6 Å². The van der Waals surface area contributed by atoms with Gasteiger partial charge in [0.05, 0.1) is 22.9 Å². The minimum absolute atomic E-state index is 0.00405. The van der Waals surface area contributed by atoms with Gasteiger partial charge < -0.3 is 10.6 Å². The first-order chi connectivity index (χ1) is 17.1. The number of nitrogens with one attached hydrogen (secondary N) is 2. The average Bonchev–Trinajstić information content (AvgIpc) is 3.34. The van der Waals surface area contributed by atoms with Gasteiger partial charge in [0.25, 0.3) is 5.91 Å². The standard InChI is InChI=1S/C23H20Cl5F3N2O3S/c1-11(10-37(36)5-4-22(29,30)31)32-20(34)16-9-15(2-3-17(16)26)33-21(35)19-18(23(19,27)28)12-6-13(24)8-14(25)7-12/h2-3,6-9,11,18-19H,4-5,10H2,1H3,(H,32,34)(H,33,35)/t11-,18?,19?,37?/m1/s1. The molecule has 1 aliphatic carbocycles. The Morgan fingerprint density at radius 1 is 1.08 bits per heavy atom. The zero-order chi connectivity index (χ0) is 27.7. The fourth-order valence-corrected chi connectivity index (χ4v) is 6.60. The Morgan fingerprint density at radius 2 is 1.70 bits per heavy atom. The quantitative estimate of drug-likeness (QED) is 0.291. The minimum Gasteiger partial charge on any atom is -0.349 e. The lowest BCUT2D eigenvalue weighted by atomic mass is 10.1. The van der Waals surface area contributed by atoms with E-state index in [2.05, 4.69) is 10.6 Å². The van der Waals surface area contributed by atoms with E-state index in [4.69, 9.17) is 58.0 Å². The van der Waals surface area contributed by atoms with Gasteiger partial charge in [0, 0.05) is 50.0 Å². The fraction of sp³-hybridized carbons (Fsp3) is 0.391. The molecule has 3 unspecified atom stereocenters. The third-order valence-corrected chi connectivity index (χ3v) is 8.72. The fourth-order valence-electron chi connectivity index (χ4n) is 3.75. The van der Waals surface area contributed by atoms with Crippen LogP contribution in [0.15, 0.2) is 36.4 Å². The number of alkyl halides is 5. The van der Waals surface area contributed by atoms with E-state index in [9.17, 15) is 27.0 Å². The van der Waals surface area contributed by atoms with E-state index in [-0.39, 0.29) is 22.0 Å². The molecule has 0 aliphatic heterocycles. The molecule has 0 spiro atoms. The predicted octanol–water partition coefficient (Wildman–Crippen LogP) is 6.99. The second kappa shape index (κ2) is 11.9. The van der Waals surface area contributed by atoms with Crippen LogP contribution in [0.25, 0.3) is 0 Å². The molecule has 3 rings (SSSR count). The van der Waals surface area contributed by atoms with Crippen LogP contribution in [0.2, 0.25) is 15.1 Å². The van der Waals surface area contributed by atoms with Crippen LogP contribution in [0.1, 0.15) is 35.2 Å². The molecule has 0 aromatic heterocycles. The maximum Gasteiger partial charge on any atom is 0.390 e. The van der Waals surface area contributed by atoms with Crippen molar-refractivity contribution in [3.8, 4) is 0 Å². The first-order valence-electron chi connectivity index (χ1n) is 10.8. The van der Waals surface area contributed by atoms with Gasteiger partial charge in [0.15, 0.2) is 0 Å². The Morgan fingerprint density at radius 3 is 2.30 bits per heavy atom. The van der Waals surface area contributed by atoms with Crippen molar-refractivity contribution in [1.29, 1.82) is 0 Å². The molecule has 4 atom stereocenters. The maximum atomic E-state index is 12.9. The van der Waals surface area contributed by atoms with Crippen molar-refractivity contribution in [2.24, 2.45) is 5.92 Å². The van der Waals surface area contributed by atoms with Crippen molar-refractivity contribution in [2.45, 2.75) is 35.8 Å². The molecule has 1 fully saturated rings. The summed E-state index contributed by atoms with van der Waals surface area (Å²) in [5, 5.41) is 6.02. The third-order valence-electron chi connectivity index (χ3n) is 5.49. The Labute approximate surface area is 238 Å². The normalized spacial score (nSPS) is 20.1. The van der Waals surface area contributed by atoms with Gasteiger partial charge in [-0.1, -0.05) is 34.8 Å². The lowest BCUT2D eigenvalue weighted by Gasteiger charge is -2.15. The van der Waals surface area contributed by atoms with Crippen LogP contribution in [0, 0.1) is 5.92 Å². The van der Waals surface area contributed by atoms with Crippen LogP contribution in [0.4, 0.5) is 18.9 Å². The zero-order valence-electron chi connectivity index (χ0n) is 19.0. The lowest BCUT2D eigenvalue weighted by molar-refractivity contribution is -0.129. The Bertz CT molecular complexity index is 1210. The number of halogens is 8. The molecular formula is C23H20Cl5F3N2O3S. The number of carbonyl (C=O) groups excluding carboxylic acids is 2. The smallest absolute Gasteiger partial charge is 0.349 e. The van der Waals surface area contributed by atoms with Crippen molar-refractivity contribution >= 4 is 86.3 Å². The highest BCUT2D eigenvalue weighted by atomic mass is 35.5. The van der Waals surface area contributed by atoms with Crippen molar-refractivity contribution in [1.82, 2.24) is 5.32 Å². The number of amides is 2. The van der Waals surface area contributed by atoms with E-state index in [1.165, 1.54) is 31.2 Å². The number of rotatable bonds is 9. The van der Waals surface area contributed by atoms with Gasteiger partial charge >= 0.3 is 6.18 Å². The van der Waals surface area contributed by atoms with E-state index in [0.29, 0.717) is 15.6 Å². The van der Waals surface area contributed by atoms with Gasteiger partial charge in [0.1, 0.15) is 4.33 Å².